The minimum absolute atomic E-state index is 0.586. The second kappa shape index (κ2) is 3.93. The lowest BCUT2D eigenvalue weighted by Gasteiger charge is -2.09. The fourth-order valence-corrected chi connectivity index (χ4v) is 1.21. The molecule has 90 valence electrons. The summed E-state index contributed by atoms with van der Waals surface area (Å²) in [4.78, 5) is 3.44. The van der Waals surface area contributed by atoms with Gasteiger partial charge in [-0.15, -0.1) is 0 Å². The normalized spacial score (nSPS) is 12.6. The van der Waals surface area contributed by atoms with E-state index in [0.717, 1.165) is 11.6 Å². The van der Waals surface area contributed by atoms with E-state index in [1.165, 1.54) is 6.20 Å². The Morgan fingerprint density at radius 2 is 1.81 bits per heavy atom. The molecule has 1 heterocycles. The third-order valence-corrected chi connectivity index (χ3v) is 2.78. The lowest BCUT2D eigenvalue weighted by molar-refractivity contribution is -0.0501. The molecule has 0 bridgehead atoms. The predicted molar refractivity (Wildman–Crippen MR) is 49.3 cm³/mol. The molecule has 0 aliphatic rings. The molecule has 0 aliphatic heterocycles. The first-order chi connectivity index (χ1) is 7.13. The van der Waals surface area contributed by atoms with Crippen LogP contribution in [0, 0.1) is 13.8 Å². The first-order valence-corrected chi connectivity index (χ1v) is 5.48. The van der Waals surface area contributed by atoms with Gasteiger partial charge in [0.15, 0.2) is 0 Å². The van der Waals surface area contributed by atoms with E-state index in [2.05, 4.69) is 9.17 Å². The zero-order valence-corrected chi connectivity index (χ0v) is 9.19. The summed E-state index contributed by atoms with van der Waals surface area (Å²) >= 11 is 0. The number of pyridine rings is 1. The smallest absolute Gasteiger partial charge is 0.355 e. The molecule has 1 aromatic heterocycles. The van der Waals surface area contributed by atoms with Crippen molar-refractivity contribution in [2.24, 2.45) is 0 Å². The summed E-state index contributed by atoms with van der Waals surface area (Å²) < 4.78 is 61.0. The third kappa shape index (κ3) is 2.63. The molecular weight excluding hydrogens is 247 g/mol. The highest BCUT2D eigenvalue weighted by Gasteiger charge is 2.48. The van der Waals surface area contributed by atoms with Gasteiger partial charge < -0.3 is 4.18 Å². The first kappa shape index (κ1) is 12.8. The van der Waals surface area contributed by atoms with Gasteiger partial charge in [-0.1, -0.05) is 0 Å². The summed E-state index contributed by atoms with van der Waals surface area (Å²) in [5, 5.41) is 0. The molecule has 0 aliphatic carbocycles. The average molecular weight is 255 g/mol. The van der Waals surface area contributed by atoms with Crippen molar-refractivity contribution in [3.05, 3.63) is 23.4 Å². The number of hydrogen-bond acceptors (Lipinski definition) is 4. The summed E-state index contributed by atoms with van der Waals surface area (Å²) in [5.41, 5.74) is -4.15. The predicted octanol–water partition coefficient (Wildman–Crippen LogP) is 1.93. The maximum Gasteiger partial charge on any atom is 0.534 e. The van der Waals surface area contributed by atoms with Crippen LogP contribution in [-0.4, -0.2) is 18.9 Å². The molecule has 0 saturated carbocycles. The number of rotatable bonds is 2. The maximum atomic E-state index is 12.0. The number of nitrogens with zero attached hydrogens (tertiary/aromatic N) is 1. The van der Waals surface area contributed by atoms with E-state index in [-0.39, 0.29) is 0 Å². The van der Waals surface area contributed by atoms with Crippen molar-refractivity contribution in [3.8, 4) is 5.88 Å². The summed E-state index contributed by atoms with van der Waals surface area (Å²) in [6.07, 6.45) is 1.23. The maximum absolute atomic E-state index is 12.0. The van der Waals surface area contributed by atoms with Gasteiger partial charge in [-0.05, 0) is 25.0 Å². The van der Waals surface area contributed by atoms with Gasteiger partial charge in [0.1, 0.15) is 0 Å². The van der Waals surface area contributed by atoms with Crippen LogP contribution in [0.1, 0.15) is 11.1 Å². The van der Waals surface area contributed by atoms with Crippen molar-refractivity contribution in [1.82, 2.24) is 4.98 Å². The number of aryl methyl sites for hydroxylation is 2. The Morgan fingerprint density at radius 1 is 1.25 bits per heavy atom. The molecule has 0 spiro atoms. The second-order valence-electron chi connectivity index (χ2n) is 3.09. The van der Waals surface area contributed by atoms with Gasteiger partial charge in [-0.3, -0.25) is 0 Å². The van der Waals surface area contributed by atoms with E-state index in [0.29, 0.717) is 5.56 Å². The van der Waals surface area contributed by atoms with Gasteiger partial charge in [0.25, 0.3) is 0 Å². The molecule has 0 amide bonds. The molecule has 0 aromatic carbocycles. The van der Waals surface area contributed by atoms with Crippen LogP contribution >= 0.6 is 0 Å². The van der Waals surface area contributed by atoms with Crippen LogP contribution in [0.2, 0.25) is 0 Å². The van der Waals surface area contributed by atoms with Gasteiger partial charge in [0, 0.05) is 12.3 Å². The Bertz CT molecular complexity index is 496. The molecule has 1 rings (SSSR count). The molecule has 1 aromatic rings. The number of halogens is 3. The van der Waals surface area contributed by atoms with Crippen molar-refractivity contribution in [1.29, 1.82) is 0 Å². The van der Waals surface area contributed by atoms with E-state index >= 15 is 0 Å². The molecule has 0 unspecified atom stereocenters. The van der Waals surface area contributed by atoms with Crippen LogP contribution in [-0.2, 0) is 10.1 Å². The zero-order chi connectivity index (χ0) is 12.6. The van der Waals surface area contributed by atoms with Crippen molar-refractivity contribution in [2.75, 3.05) is 0 Å². The van der Waals surface area contributed by atoms with E-state index in [1.807, 2.05) is 0 Å². The molecule has 0 saturated heterocycles. The standard InChI is InChI=1S/C8H8F3NO3S/c1-5-3-7(12-4-6(5)2)15-16(13,14)8(9,10)11/h3-4H,1-2H3. The van der Waals surface area contributed by atoms with Crippen LogP contribution in [0.5, 0.6) is 5.88 Å². The molecule has 0 fully saturated rings. The molecule has 4 nitrogen and oxygen atoms in total. The summed E-state index contributed by atoms with van der Waals surface area (Å²) in [6, 6.07) is 1.12. The van der Waals surface area contributed by atoms with Gasteiger partial charge in [-0.25, -0.2) is 4.98 Å². The van der Waals surface area contributed by atoms with Gasteiger partial charge in [0.05, 0.1) is 0 Å². The molecule has 0 radical (unpaired) electrons. The number of aromatic nitrogens is 1. The van der Waals surface area contributed by atoms with Crippen molar-refractivity contribution < 1.29 is 25.8 Å². The van der Waals surface area contributed by atoms with Crippen LogP contribution in [0.4, 0.5) is 13.2 Å². The first-order valence-electron chi connectivity index (χ1n) is 4.07. The van der Waals surface area contributed by atoms with Crippen LogP contribution in [0.25, 0.3) is 0 Å². The summed E-state index contributed by atoms with van der Waals surface area (Å²) in [6.45, 7) is 3.29. The van der Waals surface area contributed by atoms with Crippen molar-refractivity contribution in [2.45, 2.75) is 19.4 Å². The highest BCUT2D eigenvalue weighted by Crippen LogP contribution is 2.26. The molecule has 16 heavy (non-hydrogen) atoms. The van der Waals surface area contributed by atoms with Crippen molar-refractivity contribution >= 4 is 10.1 Å². The molecule has 0 atom stereocenters. The minimum Gasteiger partial charge on any atom is -0.355 e. The largest absolute Gasteiger partial charge is 0.534 e. The topological polar surface area (TPSA) is 56.3 Å². The van der Waals surface area contributed by atoms with E-state index in [4.69, 9.17) is 0 Å². The molecular formula is C8H8F3NO3S. The lowest BCUT2D eigenvalue weighted by atomic mass is 10.2. The van der Waals surface area contributed by atoms with Crippen molar-refractivity contribution in [3.63, 3.8) is 0 Å². The SMILES string of the molecule is Cc1cnc(OS(=O)(=O)C(F)(F)F)cc1C. The fourth-order valence-electron chi connectivity index (χ4n) is 0.804. The fraction of sp³-hybridized carbons (Fsp3) is 0.375. The molecule has 0 N–H and O–H groups in total. The highest BCUT2D eigenvalue weighted by molar-refractivity contribution is 7.87. The van der Waals surface area contributed by atoms with E-state index in [9.17, 15) is 21.6 Å². The van der Waals surface area contributed by atoms with E-state index < -0.39 is 21.5 Å². The van der Waals surface area contributed by atoms with Crippen LogP contribution in [0.15, 0.2) is 12.3 Å². The second-order valence-corrected chi connectivity index (χ2v) is 4.63. The Kier molecular flexibility index (Phi) is 3.13. The monoisotopic (exact) mass is 255 g/mol. The Balaban J connectivity index is 3.03. The quantitative estimate of drug-likeness (QED) is 0.598. The van der Waals surface area contributed by atoms with E-state index in [1.54, 1.807) is 13.8 Å². The van der Waals surface area contributed by atoms with Gasteiger partial charge in [-0.2, -0.15) is 21.6 Å². The Hall–Kier alpha value is -1.31. The minimum atomic E-state index is -5.64. The lowest BCUT2D eigenvalue weighted by Crippen LogP contribution is -2.28. The average Bonchev–Trinajstić information content (AvgIpc) is 2.09. The third-order valence-electron chi connectivity index (χ3n) is 1.83. The van der Waals surface area contributed by atoms with Crippen LogP contribution < -0.4 is 4.18 Å². The highest BCUT2D eigenvalue weighted by atomic mass is 32.2. The van der Waals surface area contributed by atoms with Crippen LogP contribution in [0.3, 0.4) is 0 Å². The Labute approximate surface area is 90.2 Å². The number of alkyl halides is 3. The Morgan fingerprint density at radius 3 is 2.25 bits per heavy atom. The van der Waals surface area contributed by atoms with Gasteiger partial charge >= 0.3 is 15.6 Å². The van der Waals surface area contributed by atoms with Gasteiger partial charge in [0.2, 0.25) is 5.88 Å². The number of hydrogen-bond donors (Lipinski definition) is 0. The zero-order valence-electron chi connectivity index (χ0n) is 8.37. The summed E-state index contributed by atoms with van der Waals surface area (Å²) in [7, 11) is -5.64. The molecule has 8 heteroatoms. The summed E-state index contributed by atoms with van der Waals surface area (Å²) in [5.74, 6) is -0.597.